The summed E-state index contributed by atoms with van der Waals surface area (Å²) in [5.41, 5.74) is 0.793. The van der Waals surface area contributed by atoms with Gasteiger partial charge in [-0.1, -0.05) is 12.1 Å². The fourth-order valence-electron chi connectivity index (χ4n) is 2.29. The van der Waals surface area contributed by atoms with Gasteiger partial charge in [0.25, 0.3) is 0 Å². The summed E-state index contributed by atoms with van der Waals surface area (Å²) in [5.74, 6) is -0.966. The molecule has 1 atom stereocenters. The lowest BCUT2D eigenvalue weighted by Crippen LogP contribution is -2.44. The van der Waals surface area contributed by atoms with E-state index in [4.69, 9.17) is 4.74 Å². The molecule has 1 saturated heterocycles. The summed E-state index contributed by atoms with van der Waals surface area (Å²) in [6, 6.07) is 6.96. The van der Waals surface area contributed by atoms with E-state index >= 15 is 0 Å². The van der Waals surface area contributed by atoms with Crippen LogP contribution in [0.5, 0.6) is 5.75 Å². The first-order chi connectivity index (χ1) is 9.40. The van der Waals surface area contributed by atoms with Crippen molar-refractivity contribution in [1.29, 1.82) is 0 Å². The number of alkyl halides is 3. The Morgan fingerprint density at radius 1 is 1.30 bits per heavy atom. The quantitative estimate of drug-likeness (QED) is 0.855. The minimum absolute atomic E-state index is 0.0413. The molecule has 0 aromatic heterocycles. The number of rotatable bonds is 3. The van der Waals surface area contributed by atoms with Crippen molar-refractivity contribution in [3.8, 4) is 5.75 Å². The molecule has 0 saturated carbocycles. The number of amides is 1. The summed E-state index contributed by atoms with van der Waals surface area (Å²) in [4.78, 5) is 13.0. The second kappa shape index (κ2) is 5.73. The van der Waals surface area contributed by atoms with E-state index < -0.39 is 12.1 Å². The van der Waals surface area contributed by atoms with Crippen LogP contribution in [0, 0.1) is 5.92 Å². The molecule has 6 heteroatoms. The van der Waals surface area contributed by atoms with Gasteiger partial charge in [-0.25, -0.2) is 0 Å². The predicted molar refractivity (Wildman–Crippen MR) is 67.2 cm³/mol. The highest BCUT2D eigenvalue weighted by atomic mass is 19.4. The van der Waals surface area contributed by atoms with E-state index in [1.807, 2.05) is 0 Å². The van der Waals surface area contributed by atoms with Gasteiger partial charge in [0.05, 0.1) is 13.0 Å². The maximum atomic E-state index is 12.7. The molecule has 20 heavy (non-hydrogen) atoms. The fourth-order valence-corrected chi connectivity index (χ4v) is 2.29. The molecule has 0 N–H and O–H groups in total. The molecule has 1 aliphatic rings. The number of hydrogen-bond acceptors (Lipinski definition) is 2. The van der Waals surface area contributed by atoms with Gasteiger partial charge in [0.2, 0.25) is 5.91 Å². The number of benzene rings is 1. The average molecular weight is 287 g/mol. The lowest BCUT2D eigenvalue weighted by molar-refractivity contribution is -0.189. The van der Waals surface area contributed by atoms with Gasteiger partial charge in [0.1, 0.15) is 5.75 Å². The van der Waals surface area contributed by atoms with Crippen molar-refractivity contribution in [3.63, 3.8) is 0 Å². The predicted octanol–water partition coefficient (Wildman–Crippen LogP) is 3.00. The number of nitrogens with zero attached hydrogens (tertiary/aromatic N) is 1. The van der Waals surface area contributed by atoms with Crippen molar-refractivity contribution in [2.45, 2.75) is 25.6 Å². The molecule has 110 valence electrons. The Bertz CT molecular complexity index is 470. The maximum Gasteiger partial charge on any atom is 0.393 e. The van der Waals surface area contributed by atoms with E-state index in [1.165, 1.54) is 12.0 Å². The Labute approximate surface area is 115 Å². The third-order valence-corrected chi connectivity index (χ3v) is 3.50. The Kier molecular flexibility index (Phi) is 4.20. The van der Waals surface area contributed by atoms with Gasteiger partial charge in [0, 0.05) is 19.5 Å². The molecule has 0 unspecified atom stereocenters. The molecule has 1 amide bonds. The molecular formula is C14H16F3NO2. The second-order valence-corrected chi connectivity index (χ2v) is 4.90. The molecule has 1 aromatic carbocycles. The molecule has 2 rings (SSSR count). The van der Waals surface area contributed by atoms with E-state index in [0.717, 1.165) is 5.56 Å². The van der Waals surface area contributed by atoms with E-state index in [2.05, 4.69) is 0 Å². The normalized spacial score (nSPS) is 20.1. The summed E-state index contributed by atoms with van der Waals surface area (Å²) < 4.78 is 43.2. The summed E-state index contributed by atoms with van der Waals surface area (Å²) in [5, 5.41) is 0. The average Bonchev–Trinajstić information content (AvgIpc) is 2.41. The van der Waals surface area contributed by atoms with Crippen LogP contribution < -0.4 is 4.74 Å². The van der Waals surface area contributed by atoms with Crippen molar-refractivity contribution in [2.75, 3.05) is 13.7 Å². The lowest BCUT2D eigenvalue weighted by atomic mass is 9.96. The topological polar surface area (TPSA) is 29.5 Å². The second-order valence-electron chi connectivity index (χ2n) is 4.90. The molecule has 1 heterocycles. The number of carbonyl (C=O) groups is 1. The lowest BCUT2D eigenvalue weighted by Gasteiger charge is -2.33. The van der Waals surface area contributed by atoms with Gasteiger partial charge in [-0.3, -0.25) is 4.79 Å². The summed E-state index contributed by atoms with van der Waals surface area (Å²) in [7, 11) is 1.54. The van der Waals surface area contributed by atoms with Crippen LogP contribution in [0.4, 0.5) is 13.2 Å². The number of ether oxygens (including phenoxy) is 1. The van der Waals surface area contributed by atoms with Crippen LogP contribution in [-0.2, 0) is 11.3 Å². The highest BCUT2D eigenvalue weighted by molar-refractivity contribution is 5.77. The van der Waals surface area contributed by atoms with Crippen molar-refractivity contribution < 1.29 is 22.7 Å². The Balaban J connectivity index is 2.04. The first-order valence-electron chi connectivity index (χ1n) is 6.37. The van der Waals surface area contributed by atoms with Gasteiger partial charge in [-0.05, 0) is 24.1 Å². The van der Waals surface area contributed by atoms with Crippen LogP contribution in [0.1, 0.15) is 18.4 Å². The SMILES string of the molecule is COc1ccc(CN2C[C@H](C(F)(F)F)CCC2=O)cc1. The van der Waals surface area contributed by atoms with Crippen molar-refractivity contribution in [1.82, 2.24) is 4.90 Å². The van der Waals surface area contributed by atoms with Crippen LogP contribution in [0.15, 0.2) is 24.3 Å². The Morgan fingerprint density at radius 2 is 1.95 bits per heavy atom. The largest absolute Gasteiger partial charge is 0.497 e. The van der Waals surface area contributed by atoms with E-state index in [9.17, 15) is 18.0 Å². The maximum absolute atomic E-state index is 12.7. The highest BCUT2D eigenvalue weighted by Crippen LogP contribution is 2.34. The number of hydrogen-bond donors (Lipinski definition) is 0. The van der Waals surface area contributed by atoms with Crippen molar-refractivity contribution in [2.24, 2.45) is 5.92 Å². The number of likely N-dealkylation sites (tertiary alicyclic amines) is 1. The summed E-state index contributed by atoms with van der Waals surface area (Å²) in [6.45, 7) is -0.0518. The van der Waals surface area contributed by atoms with Gasteiger partial charge in [-0.2, -0.15) is 13.2 Å². The molecule has 0 spiro atoms. The van der Waals surface area contributed by atoms with E-state index in [-0.39, 0.29) is 31.8 Å². The van der Waals surface area contributed by atoms with Gasteiger partial charge in [-0.15, -0.1) is 0 Å². The molecule has 3 nitrogen and oxygen atoms in total. The minimum atomic E-state index is -4.24. The standard InChI is InChI=1S/C14H16F3NO2/c1-20-12-5-2-10(3-6-12)8-18-9-11(14(15,16)17)4-7-13(18)19/h2-3,5-6,11H,4,7-9H2,1H3/t11-/m1/s1. The van der Waals surface area contributed by atoms with Crippen LogP contribution in [0.25, 0.3) is 0 Å². The molecular weight excluding hydrogens is 271 g/mol. The van der Waals surface area contributed by atoms with E-state index in [0.29, 0.717) is 5.75 Å². The molecule has 1 fully saturated rings. The fraction of sp³-hybridized carbons (Fsp3) is 0.500. The van der Waals surface area contributed by atoms with Gasteiger partial charge >= 0.3 is 6.18 Å². The Hall–Kier alpha value is -1.72. The first kappa shape index (κ1) is 14.7. The molecule has 0 bridgehead atoms. The van der Waals surface area contributed by atoms with Crippen molar-refractivity contribution >= 4 is 5.91 Å². The molecule has 0 radical (unpaired) electrons. The summed E-state index contributed by atoms with van der Waals surface area (Å²) in [6.07, 6.45) is -4.39. The zero-order valence-electron chi connectivity index (χ0n) is 11.1. The van der Waals surface area contributed by atoms with Crippen LogP contribution in [-0.4, -0.2) is 30.6 Å². The highest BCUT2D eigenvalue weighted by Gasteiger charge is 2.43. The molecule has 0 aliphatic carbocycles. The Morgan fingerprint density at radius 3 is 2.50 bits per heavy atom. The monoisotopic (exact) mass is 287 g/mol. The van der Waals surface area contributed by atoms with Gasteiger partial charge in [0.15, 0.2) is 0 Å². The smallest absolute Gasteiger partial charge is 0.393 e. The zero-order valence-corrected chi connectivity index (χ0v) is 11.1. The minimum Gasteiger partial charge on any atom is -0.497 e. The summed E-state index contributed by atoms with van der Waals surface area (Å²) >= 11 is 0. The molecule has 1 aliphatic heterocycles. The first-order valence-corrected chi connectivity index (χ1v) is 6.37. The number of piperidine rings is 1. The van der Waals surface area contributed by atoms with Crippen LogP contribution in [0.3, 0.4) is 0 Å². The zero-order chi connectivity index (χ0) is 14.8. The third kappa shape index (κ3) is 3.43. The van der Waals surface area contributed by atoms with Crippen molar-refractivity contribution in [3.05, 3.63) is 29.8 Å². The number of halogens is 3. The van der Waals surface area contributed by atoms with Crippen LogP contribution >= 0.6 is 0 Å². The number of methoxy groups -OCH3 is 1. The van der Waals surface area contributed by atoms with Gasteiger partial charge < -0.3 is 9.64 Å². The van der Waals surface area contributed by atoms with E-state index in [1.54, 1.807) is 24.3 Å². The number of carbonyl (C=O) groups excluding carboxylic acids is 1. The third-order valence-electron chi connectivity index (χ3n) is 3.50. The van der Waals surface area contributed by atoms with Crippen LogP contribution in [0.2, 0.25) is 0 Å². The molecule has 1 aromatic rings.